The Bertz CT molecular complexity index is 431. The minimum atomic E-state index is -0.462. The van der Waals surface area contributed by atoms with Crippen molar-refractivity contribution in [3.63, 3.8) is 0 Å². The largest absolute Gasteiger partial charge is 0.494 e. The highest BCUT2D eigenvalue weighted by Crippen LogP contribution is 2.18. The summed E-state index contributed by atoms with van der Waals surface area (Å²) in [7, 11) is 1.38. The Morgan fingerprint density at radius 1 is 1.44 bits per heavy atom. The van der Waals surface area contributed by atoms with Gasteiger partial charge in [-0.05, 0) is 44.1 Å². The maximum absolute atomic E-state index is 13.2. The lowest BCUT2D eigenvalue weighted by atomic mass is 10.1. The Morgan fingerprint density at radius 3 is 2.83 bits per heavy atom. The normalized spacial score (nSPS) is 16.3. The average molecular weight is 252 g/mol. The zero-order chi connectivity index (χ0) is 13.0. The predicted octanol–water partition coefficient (Wildman–Crippen LogP) is 1.32. The van der Waals surface area contributed by atoms with Crippen LogP contribution >= 0.6 is 0 Å². The van der Waals surface area contributed by atoms with Crippen LogP contribution in [-0.2, 0) is 0 Å². The molecule has 2 N–H and O–H groups in total. The topological polar surface area (TPSA) is 50.4 Å². The molecule has 0 aliphatic carbocycles. The van der Waals surface area contributed by atoms with Crippen molar-refractivity contribution in [3.05, 3.63) is 29.6 Å². The van der Waals surface area contributed by atoms with Gasteiger partial charge in [-0.3, -0.25) is 4.79 Å². The number of carbonyl (C=O) groups is 1. The van der Waals surface area contributed by atoms with Gasteiger partial charge in [0.05, 0.1) is 7.11 Å². The Hall–Kier alpha value is -1.62. The molecule has 0 unspecified atom stereocenters. The predicted molar refractivity (Wildman–Crippen MR) is 66.3 cm³/mol. The van der Waals surface area contributed by atoms with E-state index >= 15 is 0 Å². The number of halogens is 1. The second-order valence-electron chi connectivity index (χ2n) is 4.35. The van der Waals surface area contributed by atoms with E-state index in [0.29, 0.717) is 5.56 Å². The van der Waals surface area contributed by atoms with Gasteiger partial charge in [0.25, 0.3) is 5.91 Å². The molecule has 1 aromatic rings. The van der Waals surface area contributed by atoms with Gasteiger partial charge >= 0.3 is 0 Å². The van der Waals surface area contributed by atoms with Gasteiger partial charge in [-0.25, -0.2) is 4.39 Å². The van der Waals surface area contributed by atoms with Crippen molar-refractivity contribution in [2.75, 3.05) is 20.2 Å². The third-order valence-corrected chi connectivity index (χ3v) is 3.09. The summed E-state index contributed by atoms with van der Waals surface area (Å²) >= 11 is 0. The molecule has 1 amide bonds. The Labute approximate surface area is 106 Å². The van der Waals surface area contributed by atoms with Crippen LogP contribution in [0.2, 0.25) is 0 Å². The van der Waals surface area contributed by atoms with E-state index in [4.69, 9.17) is 4.74 Å². The summed E-state index contributed by atoms with van der Waals surface area (Å²) in [6, 6.07) is 4.32. The van der Waals surface area contributed by atoms with E-state index in [1.165, 1.54) is 25.3 Å². The zero-order valence-corrected chi connectivity index (χ0v) is 10.3. The lowest BCUT2D eigenvalue weighted by molar-refractivity contribution is 0.0929. The van der Waals surface area contributed by atoms with Crippen LogP contribution in [0.5, 0.6) is 5.75 Å². The molecule has 1 heterocycles. The molecule has 5 heteroatoms. The third kappa shape index (κ3) is 2.98. The summed E-state index contributed by atoms with van der Waals surface area (Å²) in [6.07, 6.45) is 1.84. The van der Waals surface area contributed by atoms with E-state index in [9.17, 15) is 9.18 Å². The van der Waals surface area contributed by atoms with Crippen molar-refractivity contribution >= 4 is 5.91 Å². The number of methoxy groups -OCH3 is 1. The van der Waals surface area contributed by atoms with Gasteiger partial charge in [-0.1, -0.05) is 0 Å². The van der Waals surface area contributed by atoms with Crippen molar-refractivity contribution in [1.29, 1.82) is 0 Å². The van der Waals surface area contributed by atoms with Crippen molar-refractivity contribution < 1.29 is 13.9 Å². The fourth-order valence-corrected chi connectivity index (χ4v) is 2.04. The lowest BCUT2D eigenvalue weighted by Gasteiger charge is -2.23. The van der Waals surface area contributed by atoms with Gasteiger partial charge in [0.15, 0.2) is 11.6 Å². The van der Waals surface area contributed by atoms with Crippen LogP contribution in [0.1, 0.15) is 23.2 Å². The molecule has 18 heavy (non-hydrogen) atoms. The van der Waals surface area contributed by atoms with Crippen LogP contribution in [0.4, 0.5) is 4.39 Å². The molecule has 0 atom stereocenters. The first-order valence-corrected chi connectivity index (χ1v) is 6.06. The summed E-state index contributed by atoms with van der Waals surface area (Å²) in [5, 5.41) is 6.18. The molecule has 1 aliphatic rings. The molecule has 0 spiro atoms. The van der Waals surface area contributed by atoms with Crippen LogP contribution in [0.3, 0.4) is 0 Å². The van der Waals surface area contributed by atoms with Crippen molar-refractivity contribution in [1.82, 2.24) is 10.6 Å². The molecule has 98 valence electrons. The maximum atomic E-state index is 13.2. The number of piperidine rings is 1. The van der Waals surface area contributed by atoms with Gasteiger partial charge in [-0.15, -0.1) is 0 Å². The lowest BCUT2D eigenvalue weighted by Crippen LogP contribution is -2.42. The van der Waals surface area contributed by atoms with Crippen LogP contribution in [0.25, 0.3) is 0 Å². The number of rotatable bonds is 3. The standard InChI is InChI=1S/C13H17FN2O2/c1-18-12-8-9(2-3-11(12)14)13(17)16-10-4-6-15-7-5-10/h2-3,8,10,15H,4-7H2,1H3,(H,16,17). The Morgan fingerprint density at radius 2 is 2.17 bits per heavy atom. The van der Waals surface area contributed by atoms with E-state index < -0.39 is 5.82 Å². The van der Waals surface area contributed by atoms with Crippen LogP contribution in [0.15, 0.2) is 18.2 Å². The summed E-state index contributed by atoms with van der Waals surface area (Å²) in [4.78, 5) is 12.0. The van der Waals surface area contributed by atoms with Gasteiger partial charge in [0.2, 0.25) is 0 Å². The fraction of sp³-hybridized carbons (Fsp3) is 0.462. The third-order valence-electron chi connectivity index (χ3n) is 3.09. The van der Waals surface area contributed by atoms with Gasteiger partial charge in [-0.2, -0.15) is 0 Å². The second kappa shape index (κ2) is 5.82. The van der Waals surface area contributed by atoms with E-state index in [1.807, 2.05) is 0 Å². The molecule has 1 aromatic carbocycles. The van der Waals surface area contributed by atoms with Gasteiger partial charge in [0, 0.05) is 11.6 Å². The first-order valence-electron chi connectivity index (χ1n) is 6.06. The highest BCUT2D eigenvalue weighted by molar-refractivity contribution is 5.94. The number of ether oxygens (including phenoxy) is 1. The molecule has 0 saturated carbocycles. The smallest absolute Gasteiger partial charge is 0.251 e. The van der Waals surface area contributed by atoms with E-state index in [1.54, 1.807) is 0 Å². The second-order valence-corrected chi connectivity index (χ2v) is 4.35. The summed E-state index contributed by atoms with van der Waals surface area (Å²) in [5.74, 6) is -0.552. The summed E-state index contributed by atoms with van der Waals surface area (Å²) < 4.78 is 18.1. The van der Waals surface area contributed by atoms with Crippen molar-refractivity contribution in [3.8, 4) is 5.75 Å². The summed E-state index contributed by atoms with van der Waals surface area (Å²) in [5.41, 5.74) is 0.423. The first kappa shape index (κ1) is 12.8. The Balaban J connectivity index is 2.03. The molecule has 4 nitrogen and oxygen atoms in total. The molecule has 1 saturated heterocycles. The number of nitrogens with one attached hydrogen (secondary N) is 2. The highest BCUT2D eigenvalue weighted by Gasteiger charge is 2.17. The molecule has 0 radical (unpaired) electrons. The number of benzene rings is 1. The molecule has 0 aromatic heterocycles. The highest BCUT2D eigenvalue weighted by atomic mass is 19.1. The minimum absolute atomic E-state index is 0.0907. The maximum Gasteiger partial charge on any atom is 0.251 e. The van der Waals surface area contributed by atoms with Gasteiger partial charge in [0.1, 0.15) is 0 Å². The van der Waals surface area contributed by atoms with E-state index in [0.717, 1.165) is 25.9 Å². The van der Waals surface area contributed by atoms with Crippen LogP contribution in [0, 0.1) is 5.82 Å². The molecular weight excluding hydrogens is 235 g/mol. The monoisotopic (exact) mass is 252 g/mol. The Kier molecular flexibility index (Phi) is 4.15. The first-order chi connectivity index (χ1) is 8.70. The quantitative estimate of drug-likeness (QED) is 0.853. The van der Waals surface area contributed by atoms with Crippen LogP contribution in [-0.4, -0.2) is 32.1 Å². The zero-order valence-electron chi connectivity index (χ0n) is 10.3. The summed E-state index contributed by atoms with van der Waals surface area (Å²) in [6.45, 7) is 1.83. The number of hydrogen-bond acceptors (Lipinski definition) is 3. The van der Waals surface area contributed by atoms with Gasteiger partial charge < -0.3 is 15.4 Å². The van der Waals surface area contributed by atoms with Crippen molar-refractivity contribution in [2.45, 2.75) is 18.9 Å². The molecule has 1 fully saturated rings. The molecule has 1 aliphatic heterocycles. The van der Waals surface area contributed by atoms with Crippen LogP contribution < -0.4 is 15.4 Å². The SMILES string of the molecule is COc1cc(C(=O)NC2CCNCC2)ccc1F. The fourth-order valence-electron chi connectivity index (χ4n) is 2.04. The molecule has 2 rings (SSSR count). The van der Waals surface area contributed by atoms with Crippen molar-refractivity contribution in [2.24, 2.45) is 0 Å². The minimum Gasteiger partial charge on any atom is -0.494 e. The number of amides is 1. The van der Waals surface area contributed by atoms with E-state index in [-0.39, 0.29) is 17.7 Å². The number of hydrogen-bond donors (Lipinski definition) is 2. The number of carbonyl (C=O) groups excluding carboxylic acids is 1. The van der Waals surface area contributed by atoms with E-state index in [2.05, 4.69) is 10.6 Å². The average Bonchev–Trinajstić information content (AvgIpc) is 2.40. The molecule has 0 bridgehead atoms. The molecular formula is C13H17FN2O2.